The second kappa shape index (κ2) is 11.3. The van der Waals surface area contributed by atoms with Crippen LogP contribution in [-0.2, 0) is 24.4 Å². The van der Waals surface area contributed by atoms with Crippen LogP contribution in [0.15, 0.2) is 65.1 Å². The Hall–Kier alpha value is -3.16. The second-order valence-corrected chi connectivity index (χ2v) is 7.14. The summed E-state index contributed by atoms with van der Waals surface area (Å²) >= 11 is 0. The first-order valence-electron chi connectivity index (χ1n) is 10.0. The van der Waals surface area contributed by atoms with Gasteiger partial charge in [0.1, 0.15) is 17.3 Å². The fourth-order valence-electron chi connectivity index (χ4n) is 3.25. The Balaban J connectivity index is 1.73. The van der Waals surface area contributed by atoms with Gasteiger partial charge in [0.25, 0.3) is 5.91 Å². The third-order valence-corrected chi connectivity index (χ3v) is 4.69. The van der Waals surface area contributed by atoms with Crippen molar-refractivity contribution in [1.29, 1.82) is 0 Å². The molecule has 0 bridgehead atoms. The summed E-state index contributed by atoms with van der Waals surface area (Å²) < 4.78 is 29.7. The quantitative estimate of drug-likeness (QED) is 0.470. The number of benzene rings is 2. The van der Waals surface area contributed by atoms with Gasteiger partial charge in [-0.3, -0.25) is 9.69 Å². The summed E-state index contributed by atoms with van der Waals surface area (Å²) in [5.74, 6) is 1.12. The van der Waals surface area contributed by atoms with E-state index in [1.165, 1.54) is 12.1 Å². The highest BCUT2D eigenvalue weighted by atomic mass is 19.1. The van der Waals surface area contributed by atoms with Gasteiger partial charge in [-0.15, -0.1) is 0 Å². The van der Waals surface area contributed by atoms with Crippen LogP contribution in [0.4, 0.5) is 4.39 Å². The summed E-state index contributed by atoms with van der Waals surface area (Å²) in [6.07, 6.45) is 0. The molecule has 1 aromatic heterocycles. The van der Waals surface area contributed by atoms with Gasteiger partial charge >= 0.3 is 0 Å². The number of halogens is 1. The average Bonchev–Trinajstić information content (AvgIpc) is 3.22. The van der Waals surface area contributed by atoms with E-state index < -0.39 is 0 Å². The molecule has 31 heavy (non-hydrogen) atoms. The molecule has 0 aliphatic heterocycles. The lowest BCUT2D eigenvalue weighted by Gasteiger charge is -2.22. The Bertz CT molecular complexity index is 989. The number of hydrogen-bond donors (Lipinski definition) is 1. The van der Waals surface area contributed by atoms with Crippen LogP contribution < -0.4 is 10.1 Å². The summed E-state index contributed by atoms with van der Waals surface area (Å²) in [5, 5.41) is 2.74. The van der Waals surface area contributed by atoms with Crippen LogP contribution in [0.5, 0.6) is 5.75 Å². The van der Waals surface area contributed by atoms with Gasteiger partial charge in [0, 0.05) is 26.7 Å². The van der Waals surface area contributed by atoms with Gasteiger partial charge in [0.05, 0.1) is 20.3 Å². The maximum atomic E-state index is 13.7. The lowest BCUT2D eigenvalue weighted by molar-refractivity contribution is 0.0905. The molecule has 0 saturated heterocycles. The zero-order chi connectivity index (χ0) is 22.1. The van der Waals surface area contributed by atoms with Crippen LogP contribution in [0, 0.1) is 5.82 Å². The highest BCUT2D eigenvalue weighted by molar-refractivity contribution is 5.91. The first-order valence-corrected chi connectivity index (χ1v) is 10.0. The number of ether oxygens (including phenoxy) is 2. The van der Waals surface area contributed by atoms with Crippen LogP contribution in [0.25, 0.3) is 0 Å². The maximum Gasteiger partial charge on any atom is 0.287 e. The molecular formula is C24H27FN2O4. The van der Waals surface area contributed by atoms with E-state index in [0.717, 1.165) is 16.9 Å². The van der Waals surface area contributed by atoms with Crippen molar-refractivity contribution in [3.8, 4) is 5.75 Å². The predicted molar refractivity (Wildman–Crippen MR) is 115 cm³/mol. The van der Waals surface area contributed by atoms with Crippen molar-refractivity contribution in [2.45, 2.75) is 19.6 Å². The number of nitrogens with one attached hydrogen (secondary N) is 1. The van der Waals surface area contributed by atoms with Gasteiger partial charge in [0.15, 0.2) is 5.76 Å². The van der Waals surface area contributed by atoms with Crippen LogP contribution in [0.1, 0.15) is 27.4 Å². The van der Waals surface area contributed by atoms with E-state index >= 15 is 0 Å². The molecule has 0 fully saturated rings. The Morgan fingerprint density at radius 2 is 1.74 bits per heavy atom. The number of carbonyl (C=O) groups excluding carboxylic acids is 1. The number of methoxy groups -OCH3 is 2. The van der Waals surface area contributed by atoms with Crippen molar-refractivity contribution >= 4 is 5.91 Å². The molecule has 0 saturated carbocycles. The molecule has 0 aliphatic rings. The van der Waals surface area contributed by atoms with Crippen molar-refractivity contribution < 1.29 is 23.1 Å². The Morgan fingerprint density at radius 1 is 1.00 bits per heavy atom. The molecule has 0 aliphatic carbocycles. The molecule has 6 nitrogen and oxygen atoms in total. The molecule has 3 rings (SSSR count). The molecule has 0 unspecified atom stereocenters. The summed E-state index contributed by atoms with van der Waals surface area (Å²) in [7, 11) is 3.21. The molecule has 3 aromatic rings. The standard InChI is InChI=1S/C24H27FN2O4/c1-29-12-11-26-24(28)23-10-9-22(31-23)17-27(15-18-5-3-7-20(25)13-18)16-19-6-4-8-21(14-19)30-2/h3-10,13-14H,11-12,15-17H2,1-2H3,(H,26,28). The molecule has 7 heteroatoms. The number of carbonyl (C=O) groups is 1. The fraction of sp³-hybridized carbons (Fsp3) is 0.292. The minimum absolute atomic E-state index is 0.248. The van der Waals surface area contributed by atoms with Gasteiger partial charge in [-0.25, -0.2) is 4.39 Å². The number of nitrogens with zero attached hydrogens (tertiary/aromatic N) is 1. The van der Waals surface area contributed by atoms with Crippen LogP contribution in [0.3, 0.4) is 0 Å². The van der Waals surface area contributed by atoms with E-state index in [-0.39, 0.29) is 17.5 Å². The summed E-state index contributed by atoms with van der Waals surface area (Å²) in [6, 6.07) is 17.8. The fourth-order valence-corrected chi connectivity index (χ4v) is 3.25. The molecule has 164 valence electrons. The van der Waals surface area contributed by atoms with E-state index in [4.69, 9.17) is 13.9 Å². The largest absolute Gasteiger partial charge is 0.497 e. The second-order valence-electron chi connectivity index (χ2n) is 7.14. The Morgan fingerprint density at radius 3 is 2.45 bits per heavy atom. The van der Waals surface area contributed by atoms with Gasteiger partial charge in [-0.2, -0.15) is 0 Å². The predicted octanol–water partition coefficient (Wildman–Crippen LogP) is 4.01. The number of amides is 1. The SMILES string of the molecule is COCCNC(=O)c1ccc(CN(Cc2cccc(F)c2)Cc2cccc(OC)c2)o1. The van der Waals surface area contributed by atoms with E-state index in [2.05, 4.69) is 10.2 Å². The third-order valence-electron chi connectivity index (χ3n) is 4.69. The van der Waals surface area contributed by atoms with Crippen molar-refractivity contribution in [2.24, 2.45) is 0 Å². The van der Waals surface area contributed by atoms with Gasteiger partial charge in [-0.1, -0.05) is 24.3 Å². The Kier molecular flexibility index (Phi) is 8.20. The highest BCUT2D eigenvalue weighted by Gasteiger charge is 2.15. The molecule has 0 spiro atoms. The van der Waals surface area contributed by atoms with Gasteiger partial charge in [0.2, 0.25) is 0 Å². The molecule has 0 atom stereocenters. The topological polar surface area (TPSA) is 63.9 Å². The Labute approximate surface area is 181 Å². The smallest absolute Gasteiger partial charge is 0.287 e. The first kappa shape index (κ1) is 22.5. The van der Waals surface area contributed by atoms with Gasteiger partial charge in [-0.05, 0) is 47.5 Å². The van der Waals surface area contributed by atoms with E-state index in [1.54, 1.807) is 32.4 Å². The van der Waals surface area contributed by atoms with Crippen LogP contribution >= 0.6 is 0 Å². The number of hydrogen-bond acceptors (Lipinski definition) is 5. The lowest BCUT2D eigenvalue weighted by atomic mass is 10.1. The zero-order valence-corrected chi connectivity index (χ0v) is 17.8. The molecule has 1 heterocycles. The van der Waals surface area contributed by atoms with Crippen LogP contribution in [0.2, 0.25) is 0 Å². The minimum Gasteiger partial charge on any atom is -0.497 e. The van der Waals surface area contributed by atoms with E-state index in [1.807, 2.05) is 30.3 Å². The number of rotatable bonds is 11. The molecule has 0 radical (unpaired) electrons. The maximum absolute atomic E-state index is 13.7. The summed E-state index contributed by atoms with van der Waals surface area (Å²) in [4.78, 5) is 14.3. The van der Waals surface area contributed by atoms with Crippen molar-refractivity contribution in [2.75, 3.05) is 27.4 Å². The summed E-state index contributed by atoms with van der Waals surface area (Å²) in [6.45, 7) is 2.42. The zero-order valence-electron chi connectivity index (χ0n) is 17.8. The molecule has 2 aromatic carbocycles. The monoisotopic (exact) mass is 426 g/mol. The highest BCUT2D eigenvalue weighted by Crippen LogP contribution is 2.19. The van der Waals surface area contributed by atoms with Crippen molar-refractivity contribution in [3.05, 3.63) is 89.1 Å². The number of furan rings is 1. The van der Waals surface area contributed by atoms with E-state index in [9.17, 15) is 9.18 Å². The molecule has 1 N–H and O–H groups in total. The van der Waals surface area contributed by atoms with Gasteiger partial charge < -0.3 is 19.2 Å². The minimum atomic E-state index is -0.284. The third kappa shape index (κ3) is 6.94. The lowest BCUT2D eigenvalue weighted by Crippen LogP contribution is -2.26. The summed E-state index contributed by atoms with van der Waals surface area (Å²) in [5.41, 5.74) is 1.91. The normalized spacial score (nSPS) is 11.0. The van der Waals surface area contributed by atoms with Crippen LogP contribution in [-0.4, -0.2) is 38.2 Å². The molecule has 1 amide bonds. The van der Waals surface area contributed by atoms with Crippen molar-refractivity contribution in [1.82, 2.24) is 10.2 Å². The first-order chi connectivity index (χ1) is 15.1. The average molecular weight is 426 g/mol. The molecular weight excluding hydrogens is 399 g/mol. The van der Waals surface area contributed by atoms with E-state index in [0.29, 0.717) is 38.5 Å². The van der Waals surface area contributed by atoms with Crippen molar-refractivity contribution in [3.63, 3.8) is 0 Å².